The molecule has 0 fully saturated rings. The van der Waals surface area contributed by atoms with E-state index in [4.69, 9.17) is 23.2 Å². The Bertz CT molecular complexity index is 530. The number of thiazole rings is 1. The van der Waals surface area contributed by atoms with Crippen molar-refractivity contribution >= 4 is 40.4 Å². The number of rotatable bonds is 3. The summed E-state index contributed by atoms with van der Waals surface area (Å²) < 4.78 is 0. The number of carbonyl (C=O) groups is 1. The van der Waals surface area contributed by atoms with Gasteiger partial charge < -0.3 is 5.32 Å². The van der Waals surface area contributed by atoms with Crippen molar-refractivity contribution in [1.29, 1.82) is 0 Å². The van der Waals surface area contributed by atoms with Gasteiger partial charge in [-0.1, -0.05) is 23.2 Å². The Morgan fingerprint density at radius 2 is 2.24 bits per heavy atom. The number of nitrogens with zero attached hydrogens (tertiary/aromatic N) is 2. The first-order valence-electron chi connectivity index (χ1n) is 4.64. The Hall–Kier alpha value is -1.17. The average molecular weight is 288 g/mol. The lowest BCUT2D eigenvalue weighted by atomic mass is 10.2. The highest BCUT2D eigenvalue weighted by molar-refractivity contribution is 7.09. The summed E-state index contributed by atoms with van der Waals surface area (Å²) in [5.41, 5.74) is 2.01. The maximum Gasteiger partial charge on any atom is 0.254 e. The van der Waals surface area contributed by atoms with Crippen molar-refractivity contribution in [3.63, 3.8) is 0 Å². The van der Waals surface area contributed by atoms with Crippen molar-refractivity contribution in [2.24, 2.45) is 0 Å². The zero-order valence-electron chi connectivity index (χ0n) is 8.48. The smallest absolute Gasteiger partial charge is 0.254 e. The Morgan fingerprint density at radius 3 is 2.88 bits per heavy atom. The fourth-order valence-corrected chi connectivity index (χ4v) is 2.14. The molecule has 1 amide bonds. The molecular weight excluding hydrogens is 281 g/mol. The minimum absolute atomic E-state index is 0.0966. The zero-order valence-corrected chi connectivity index (χ0v) is 10.8. The molecule has 0 aliphatic rings. The molecule has 88 valence electrons. The van der Waals surface area contributed by atoms with Gasteiger partial charge in [0.25, 0.3) is 5.91 Å². The van der Waals surface area contributed by atoms with Crippen LogP contribution in [0.1, 0.15) is 15.2 Å². The summed E-state index contributed by atoms with van der Waals surface area (Å²) in [6, 6.07) is 3.06. The van der Waals surface area contributed by atoms with Gasteiger partial charge in [-0.2, -0.15) is 0 Å². The molecule has 0 aromatic carbocycles. The van der Waals surface area contributed by atoms with Crippen LogP contribution in [0.4, 0.5) is 0 Å². The van der Waals surface area contributed by atoms with Crippen molar-refractivity contribution in [1.82, 2.24) is 15.3 Å². The van der Waals surface area contributed by atoms with Gasteiger partial charge in [0.2, 0.25) is 0 Å². The summed E-state index contributed by atoms with van der Waals surface area (Å²) in [4.78, 5) is 20.5. The minimum Gasteiger partial charge on any atom is -0.347 e. The van der Waals surface area contributed by atoms with Crippen LogP contribution in [0.25, 0.3) is 0 Å². The van der Waals surface area contributed by atoms with Crippen LogP contribution >= 0.6 is 34.5 Å². The molecule has 1 N–H and O–H groups in total. The highest BCUT2D eigenvalue weighted by Gasteiger charge is 2.11. The van der Waals surface area contributed by atoms with Gasteiger partial charge in [0, 0.05) is 11.1 Å². The van der Waals surface area contributed by atoms with Gasteiger partial charge in [0.1, 0.15) is 10.3 Å². The predicted octanol–water partition coefficient (Wildman–Crippen LogP) is 2.77. The van der Waals surface area contributed by atoms with E-state index in [1.807, 2.05) is 0 Å². The molecule has 0 aliphatic heterocycles. The largest absolute Gasteiger partial charge is 0.347 e. The summed E-state index contributed by atoms with van der Waals surface area (Å²) in [5.74, 6) is -0.285. The van der Waals surface area contributed by atoms with Crippen molar-refractivity contribution in [3.05, 3.63) is 44.6 Å². The second-order valence-corrected chi connectivity index (χ2v) is 4.84. The number of aromatic nitrogens is 2. The molecule has 2 heterocycles. The van der Waals surface area contributed by atoms with E-state index in [0.717, 1.165) is 4.88 Å². The monoisotopic (exact) mass is 287 g/mol. The Kier molecular flexibility index (Phi) is 3.93. The topological polar surface area (TPSA) is 54.9 Å². The number of carbonyl (C=O) groups excluding carboxylic acids is 1. The summed E-state index contributed by atoms with van der Waals surface area (Å²) in [6.07, 6.45) is 1.70. The molecule has 2 aromatic heterocycles. The Labute approximate surface area is 112 Å². The molecule has 0 aliphatic carbocycles. The van der Waals surface area contributed by atoms with Crippen LogP contribution in [0.15, 0.2) is 23.8 Å². The fourth-order valence-electron chi connectivity index (χ4n) is 1.17. The summed E-state index contributed by atoms with van der Waals surface area (Å²) >= 11 is 12.9. The number of halogens is 2. The minimum atomic E-state index is -0.285. The second-order valence-electron chi connectivity index (χ2n) is 3.12. The van der Waals surface area contributed by atoms with Crippen LogP contribution in [0.2, 0.25) is 10.3 Å². The van der Waals surface area contributed by atoms with E-state index in [9.17, 15) is 4.79 Å². The third-order valence-corrected chi connectivity index (χ3v) is 3.24. The van der Waals surface area contributed by atoms with E-state index < -0.39 is 0 Å². The molecule has 2 rings (SSSR count). The number of pyridine rings is 1. The molecule has 2 aromatic rings. The SMILES string of the molecule is O=C(NCc1cncs1)c1ccc(Cl)nc1Cl. The third kappa shape index (κ3) is 3.15. The molecule has 7 heteroatoms. The molecule has 4 nitrogen and oxygen atoms in total. The first-order valence-corrected chi connectivity index (χ1v) is 6.28. The van der Waals surface area contributed by atoms with Crippen LogP contribution in [-0.4, -0.2) is 15.9 Å². The fraction of sp³-hybridized carbons (Fsp3) is 0.100. The van der Waals surface area contributed by atoms with Gasteiger partial charge in [0.05, 0.1) is 17.6 Å². The maximum atomic E-state index is 11.8. The molecule has 17 heavy (non-hydrogen) atoms. The lowest BCUT2D eigenvalue weighted by molar-refractivity contribution is 0.0951. The standard InChI is InChI=1S/C10H7Cl2N3OS/c11-8-2-1-7(9(12)15-8)10(16)14-4-6-3-13-5-17-6/h1-3,5H,4H2,(H,14,16). The van der Waals surface area contributed by atoms with Gasteiger partial charge >= 0.3 is 0 Å². The van der Waals surface area contributed by atoms with E-state index in [1.165, 1.54) is 17.4 Å². The predicted molar refractivity (Wildman–Crippen MR) is 67.5 cm³/mol. The van der Waals surface area contributed by atoms with Gasteiger partial charge in [-0.05, 0) is 12.1 Å². The van der Waals surface area contributed by atoms with E-state index in [0.29, 0.717) is 12.1 Å². The third-order valence-electron chi connectivity index (χ3n) is 1.97. The molecule has 0 spiro atoms. The van der Waals surface area contributed by atoms with E-state index >= 15 is 0 Å². The second kappa shape index (κ2) is 5.44. The number of hydrogen-bond acceptors (Lipinski definition) is 4. The molecular formula is C10H7Cl2N3OS. The van der Waals surface area contributed by atoms with Crippen molar-refractivity contribution < 1.29 is 4.79 Å². The maximum absolute atomic E-state index is 11.8. The van der Waals surface area contributed by atoms with Crippen LogP contribution in [0, 0.1) is 0 Å². The molecule has 0 atom stereocenters. The summed E-state index contributed by atoms with van der Waals surface area (Å²) in [7, 11) is 0. The lowest BCUT2D eigenvalue weighted by Gasteiger charge is -2.04. The molecule has 0 unspecified atom stereocenters. The van der Waals surface area contributed by atoms with E-state index in [-0.39, 0.29) is 16.2 Å². The highest BCUT2D eigenvalue weighted by Crippen LogP contribution is 2.16. The van der Waals surface area contributed by atoms with Crippen molar-refractivity contribution in [2.75, 3.05) is 0 Å². The lowest BCUT2D eigenvalue weighted by Crippen LogP contribution is -2.22. The van der Waals surface area contributed by atoms with Crippen molar-refractivity contribution in [3.8, 4) is 0 Å². The van der Waals surface area contributed by atoms with Gasteiger partial charge in [-0.15, -0.1) is 11.3 Å². The van der Waals surface area contributed by atoms with Crippen molar-refractivity contribution in [2.45, 2.75) is 6.54 Å². The average Bonchev–Trinajstić information content (AvgIpc) is 2.78. The molecule has 0 saturated heterocycles. The number of hydrogen-bond donors (Lipinski definition) is 1. The zero-order chi connectivity index (χ0) is 12.3. The van der Waals surface area contributed by atoms with Gasteiger partial charge in [0.15, 0.2) is 0 Å². The summed E-state index contributed by atoms with van der Waals surface area (Å²) in [5, 5.41) is 3.08. The highest BCUT2D eigenvalue weighted by atomic mass is 35.5. The Balaban J connectivity index is 2.04. The van der Waals surface area contributed by atoms with Crippen LogP contribution in [-0.2, 0) is 6.54 Å². The van der Waals surface area contributed by atoms with E-state index in [1.54, 1.807) is 17.8 Å². The van der Waals surface area contributed by atoms with Gasteiger partial charge in [-0.3, -0.25) is 9.78 Å². The quantitative estimate of drug-likeness (QED) is 0.884. The first kappa shape index (κ1) is 12.3. The van der Waals surface area contributed by atoms with Crippen LogP contribution in [0.3, 0.4) is 0 Å². The normalized spacial score (nSPS) is 10.2. The number of amides is 1. The molecule has 0 saturated carbocycles. The number of nitrogens with one attached hydrogen (secondary N) is 1. The van der Waals surface area contributed by atoms with Gasteiger partial charge in [-0.25, -0.2) is 4.98 Å². The molecule has 0 radical (unpaired) electrons. The first-order chi connectivity index (χ1) is 8.16. The van der Waals surface area contributed by atoms with Crippen LogP contribution in [0.5, 0.6) is 0 Å². The Morgan fingerprint density at radius 1 is 1.41 bits per heavy atom. The van der Waals surface area contributed by atoms with E-state index in [2.05, 4.69) is 15.3 Å². The van der Waals surface area contributed by atoms with Crippen LogP contribution < -0.4 is 5.32 Å². The summed E-state index contributed by atoms with van der Waals surface area (Å²) in [6.45, 7) is 0.419. The molecule has 0 bridgehead atoms.